The standard InChI is InChI=1S/C13H18ClNO2/c1-2-7-15(8-9-16)13(17)10-11-5-3-4-6-12(11)14/h3-6,16H,2,7-10H2,1H3. The van der Waals surface area contributed by atoms with Gasteiger partial charge < -0.3 is 10.0 Å². The smallest absolute Gasteiger partial charge is 0.227 e. The molecule has 94 valence electrons. The molecule has 0 unspecified atom stereocenters. The molecule has 4 heteroatoms. The number of amides is 1. The van der Waals surface area contributed by atoms with Crippen LogP contribution in [0.25, 0.3) is 0 Å². The molecule has 0 saturated carbocycles. The van der Waals surface area contributed by atoms with E-state index < -0.39 is 0 Å². The van der Waals surface area contributed by atoms with E-state index in [4.69, 9.17) is 16.7 Å². The molecule has 1 amide bonds. The van der Waals surface area contributed by atoms with Gasteiger partial charge in [0.1, 0.15) is 0 Å². The van der Waals surface area contributed by atoms with E-state index in [0.29, 0.717) is 24.5 Å². The molecule has 0 radical (unpaired) electrons. The summed E-state index contributed by atoms with van der Waals surface area (Å²) in [5, 5.41) is 9.53. The van der Waals surface area contributed by atoms with Gasteiger partial charge in [0, 0.05) is 18.1 Å². The van der Waals surface area contributed by atoms with Crippen LogP contribution in [0.4, 0.5) is 0 Å². The van der Waals surface area contributed by atoms with E-state index in [-0.39, 0.29) is 12.5 Å². The summed E-state index contributed by atoms with van der Waals surface area (Å²) < 4.78 is 0. The predicted molar refractivity (Wildman–Crippen MR) is 69.1 cm³/mol. The number of carbonyl (C=O) groups excluding carboxylic acids is 1. The summed E-state index contributed by atoms with van der Waals surface area (Å²) >= 11 is 6.01. The highest BCUT2D eigenvalue weighted by molar-refractivity contribution is 6.31. The summed E-state index contributed by atoms with van der Waals surface area (Å²) in [6.45, 7) is 3.06. The maximum absolute atomic E-state index is 12.0. The Bertz CT molecular complexity index is 362. The van der Waals surface area contributed by atoms with E-state index in [1.807, 2.05) is 25.1 Å². The Labute approximate surface area is 107 Å². The Morgan fingerprint density at radius 3 is 2.65 bits per heavy atom. The minimum Gasteiger partial charge on any atom is -0.395 e. The topological polar surface area (TPSA) is 40.5 Å². The second-order valence-electron chi connectivity index (χ2n) is 3.87. The minimum absolute atomic E-state index is 0.00569. The molecule has 17 heavy (non-hydrogen) atoms. The molecule has 1 N–H and O–H groups in total. The monoisotopic (exact) mass is 255 g/mol. The number of hydrogen-bond donors (Lipinski definition) is 1. The van der Waals surface area contributed by atoms with Gasteiger partial charge >= 0.3 is 0 Å². The normalized spacial score (nSPS) is 10.3. The van der Waals surface area contributed by atoms with Crippen LogP contribution in [0.1, 0.15) is 18.9 Å². The third-order valence-corrected chi connectivity index (χ3v) is 2.88. The molecule has 1 rings (SSSR count). The number of benzene rings is 1. The molecule has 0 fully saturated rings. The maximum atomic E-state index is 12.0. The summed E-state index contributed by atoms with van der Waals surface area (Å²) in [4.78, 5) is 13.7. The van der Waals surface area contributed by atoms with Crippen molar-refractivity contribution in [3.63, 3.8) is 0 Å². The third-order valence-electron chi connectivity index (χ3n) is 2.52. The molecule has 1 aromatic rings. The molecule has 0 aliphatic heterocycles. The van der Waals surface area contributed by atoms with E-state index in [1.165, 1.54) is 0 Å². The molecular formula is C13H18ClNO2. The zero-order chi connectivity index (χ0) is 12.7. The number of rotatable bonds is 6. The number of aliphatic hydroxyl groups excluding tert-OH is 1. The largest absolute Gasteiger partial charge is 0.395 e. The first-order valence-electron chi connectivity index (χ1n) is 5.81. The fourth-order valence-electron chi connectivity index (χ4n) is 1.67. The fraction of sp³-hybridized carbons (Fsp3) is 0.462. The number of halogens is 1. The van der Waals surface area contributed by atoms with E-state index in [2.05, 4.69) is 0 Å². The molecule has 0 atom stereocenters. The van der Waals surface area contributed by atoms with Crippen LogP contribution < -0.4 is 0 Å². The highest BCUT2D eigenvalue weighted by atomic mass is 35.5. The quantitative estimate of drug-likeness (QED) is 0.846. The lowest BCUT2D eigenvalue weighted by Gasteiger charge is -2.21. The Balaban J connectivity index is 2.66. The zero-order valence-corrected chi connectivity index (χ0v) is 10.8. The number of aliphatic hydroxyl groups is 1. The van der Waals surface area contributed by atoms with Crippen molar-refractivity contribution >= 4 is 17.5 Å². The zero-order valence-electron chi connectivity index (χ0n) is 10.0. The highest BCUT2D eigenvalue weighted by Gasteiger charge is 2.13. The van der Waals surface area contributed by atoms with Crippen LogP contribution in [0.3, 0.4) is 0 Å². The first-order valence-corrected chi connectivity index (χ1v) is 6.18. The van der Waals surface area contributed by atoms with Gasteiger partial charge in [0.25, 0.3) is 0 Å². The summed E-state index contributed by atoms with van der Waals surface area (Å²) in [5.41, 5.74) is 0.832. The number of hydrogen-bond acceptors (Lipinski definition) is 2. The Kier molecular flexibility index (Phi) is 6.01. The van der Waals surface area contributed by atoms with Gasteiger partial charge in [0.2, 0.25) is 5.91 Å². The van der Waals surface area contributed by atoms with Crippen molar-refractivity contribution in [2.45, 2.75) is 19.8 Å². The van der Waals surface area contributed by atoms with E-state index in [0.717, 1.165) is 12.0 Å². The van der Waals surface area contributed by atoms with Crippen molar-refractivity contribution < 1.29 is 9.90 Å². The van der Waals surface area contributed by atoms with Crippen molar-refractivity contribution in [3.8, 4) is 0 Å². The summed E-state index contributed by atoms with van der Waals surface area (Å²) in [7, 11) is 0. The summed E-state index contributed by atoms with van der Waals surface area (Å²) in [5.74, 6) is 0.00833. The van der Waals surface area contributed by atoms with Crippen molar-refractivity contribution in [1.82, 2.24) is 4.90 Å². The van der Waals surface area contributed by atoms with Gasteiger partial charge in [0.05, 0.1) is 13.0 Å². The molecule has 0 aliphatic carbocycles. The van der Waals surface area contributed by atoms with Gasteiger partial charge in [0.15, 0.2) is 0 Å². The molecular weight excluding hydrogens is 238 g/mol. The van der Waals surface area contributed by atoms with Crippen LogP contribution >= 0.6 is 11.6 Å². The Morgan fingerprint density at radius 2 is 2.06 bits per heavy atom. The van der Waals surface area contributed by atoms with E-state index in [1.54, 1.807) is 11.0 Å². The summed E-state index contributed by atoms with van der Waals surface area (Å²) in [6.07, 6.45) is 1.17. The van der Waals surface area contributed by atoms with E-state index in [9.17, 15) is 4.79 Å². The van der Waals surface area contributed by atoms with Crippen LogP contribution in [0, 0.1) is 0 Å². The molecule has 0 aliphatic rings. The van der Waals surface area contributed by atoms with Crippen LogP contribution in [0.5, 0.6) is 0 Å². The number of carbonyl (C=O) groups is 1. The first kappa shape index (κ1) is 14.0. The summed E-state index contributed by atoms with van der Waals surface area (Å²) in [6, 6.07) is 7.34. The van der Waals surface area contributed by atoms with Crippen LogP contribution in [0.15, 0.2) is 24.3 Å². The maximum Gasteiger partial charge on any atom is 0.227 e. The van der Waals surface area contributed by atoms with Gasteiger partial charge in [-0.3, -0.25) is 4.79 Å². The third kappa shape index (κ3) is 4.36. The molecule has 0 heterocycles. The predicted octanol–water partition coefficient (Wildman–Crippen LogP) is 2.11. The van der Waals surface area contributed by atoms with Crippen LogP contribution in [-0.4, -0.2) is 35.6 Å². The number of nitrogens with zero attached hydrogens (tertiary/aromatic N) is 1. The fourth-order valence-corrected chi connectivity index (χ4v) is 1.87. The molecule has 1 aromatic carbocycles. The average Bonchev–Trinajstić information content (AvgIpc) is 2.32. The van der Waals surface area contributed by atoms with Gasteiger partial charge in [-0.05, 0) is 18.1 Å². The second kappa shape index (κ2) is 7.30. The minimum atomic E-state index is -0.00569. The van der Waals surface area contributed by atoms with Gasteiger partial charge in [-0.2, -0.15) is 0 Å². The SMILES string of the molecule is CCCN(CCO)C(=O)Cc1ccccc1Cl. The van der Waals surface area contributed by atoms with Crippen LogP contribution in [-0.2, 0) is 11.2 Å². The first-order chi connectivity index (χ1) is 8.19. The lowest BCUT2D eigenvalue weighted by molar-refractivity contribution is -0.131. The van der Waals surface area contributed by atoms with Crippen molar-refractivity contribution in [2.24, 2.45) is 0 Å². The molecule has 0 bridgehead atoms. The molecule has 3 nitrogen and oxygen atoms in total. The van der Waals surface area contributed by atoms with Gasteiger partial charge in [-0.15, -0.1) is 0 Å². The lowest BCUT2D eigenvalue weighted by Crippen LogP contribution is -2.35. The lowest BCUT2D eigenvalue weighted by atomic mass is 10.1. The second-order valence-corrected chi connectivity index (χ2v) is 4.28. The van der Waals surface area contributed by atoms with Gasteiger partial charge in [-0.1, -0.05) is 36.7 Å². The molecule has 0 spiro atoms. The van der Waals surface area contributed by atoms with Crippen LogP contribution in [0.2, 0.25) is 5.02 Å². The van der Waals surface area contributed by atoms with Crippen molar-refractivity contribution in [3.05, 3.63) is 34.9 Å². The molecule has 0 saturated heterocycles. The van der Waals surface area contributed by atoms with Crippen molar-refractivity contribution in [2.75, 3.05) is 19.7 Å². The average molecular weight is 256 g/mol. The molecule has 0 aromatic heterocycles. The van der Waals surface area contributed by atoms with E-state index >= 15 is 0 Å². The Morgan fingerprint density at radius 1 is 1.35 bits per heavy atom. The highest BCUT2D eigenvalue weighted by Crippen LogP contribution is 2.16. The van der Waals surface area contributed by atoms with Gasteiger partial charge in [-0.25, -0.2) is 0 Å². The Hall–Kier alpha value is -1.06. The van der Waals surface area contributed by atoms with Crippen molar-refractivity contribution in [1.29, 1.82) is 0 Å².